The van der Waals surface area contributed by atoms with Gasteiger partial charge in [0.1, 0.15) is 5.75 Å². The zero-order valence-corrected chi connectivity index (χ0v) is 19.5. The summed E-state index contributed by atoms with van der Waals surface area (Å²) in [6.07, 6.45) is 10.2. The fourth-order valence-electron chi connectivity index (χ4n) is 4.68. The Kier molecular flexibility index (Phi) is 8.35. The van der Waals surface area contributed by atoms with Crippen molar-refractivity contribution < 1.29 is 5.11 Å². The van der Waals surface area contributed by atoms with Gasteiger partial charge >= 0.3 is 0 Å². The lowest BCUT2D eigenvalue weighted by atomic mass is 9.73. The average molecular weight is 415 g/mol. The number of hydrogen-bond acceptors (Lipinski definition) is 1. The predicted octanol–water partition coefficient (Wildman–Crippen LogP) is 8.68. The zero-order chi connectivity index (χ0) is 22.1. The Bertz CT molecular complexity index is 925. The molecule has 0 bridgehead atoms. The lowest BCUT2D eigenvalue weighted by Crippen LogP contribution is -2.21. The number of phenolic OH excluding ortho intramolecular Hbond substituents is 1. The molecule has 0 saturated heterocycles. The number of rotatable bonds is 11. The van der Waals surface area contributed by atoms with Crippen molar-refractivity contribution in [2.75, 3.05) is 0 Å². The Balaban J connectivity index is 1.94. The van der Waals surface area contributed by atoms with Crippen LogP contribution in [-0.2, 0) is 11.8 Å². The summed E-state index contributed by atoms with van der Waals surface area (Å²) in [4.78, 5) is 0. The predicted molar refractivity (Wildman–Crippen MR) is 134 cm³/mol. The summed E-state index contributed by atoms with van der Waals surface area (Å²) in [6.45, 7) is 6.72. The van der Waals surface area contributed by atoms with E-state index < -0.39 is 0 Å². The fourth-order valence-corrected chi connectivity index (χ4v) is 4.68. The summed E-state index contributed by atoms with van der Waals surface area (Å²) in [5.74, 6) is 0.385. The minimum absolute atomic E-state index is 0.299. The van der Waals surface area contributed by atoms with Crippen LogP contribution in [0.15, 0.2) is 72.8 Å². The highest BCUT2D eigenvalue weighted by molar-refractivity contribution is 5.76. The van der Waals surface area contributed by atoms with Crippen LogP contribution in [-0.4, -0.2) is 5.11 Å². The van der Waals surface area contributed by atoms with Crippen LogP contribution in [0.25, 0.3) is 11.1 Å². The van der Waals surface area contributed by atoms with E-state index >= 15 is 0 Å². The Morgan fingerprint density at radius 3 is 1.90 bits per heavy atom. The van der Waals surface area contributed by atoms with Crippen LogP contribution < -0.4 is 0 Å². The third-order valence-electron chi connectivity index (χ3n) is 6.50. The van der Waals surface area contributed by atoms with Crippen LogP contribution in [0.3, 0.4) is 0 Å². The molecule has 31 heavy (non-hydrogen) atoms. The van der Waals surface area contributed by atoms with Gasteiger partial charge in [-0.15, -0.1) is 0 Å². The molecule has 164 valence electrons. The van der Waals surface area contributed by atoms with Gasteiger partial charge in [-0.05, 0) is 41.2 Å². The summed E-state index contributed by atoms with van der Waals surface area (Å²) < 4.78 is 0. The fraction of sp³-hybridized carbons (Fsp3) is 0.400. The van der Waals surface area contributed by atoms with Crippen molar-refractivity contribution in [2.24, 2.45) is 0 Å². The van der Waals surface area contributed by atoms with Crippen LogP contribution in [0.5, 0.6) is 5.75 Å². The average Bonchev–Trinajstić information content (AvgIpc) is 2.80. The van der Waals surface area contributed by atoms with Crippen LogP contribution in [0, 0.1) is 0 Å². The summed E-state index contributed by atoms with van der Waals surface area (Å²) in [5, 5.41) is 11.1. The van der Waals surface area contributed by atoms with E-state index in [2.05, 4.69) is 87.5 Å². The molecule has 0 aromatic heterocycles. The molecule has 1 heteroatoms. The molecule has 0 radical (unpaired) electrons. The van der Waals surface area contributed by atoms with Crippen molar-refractivity contribution in [1.29, 1.82) is 0 Å². The zero-order valence-electron chi connectivity index (χ0n) is 19.5. The van der Waals surface area contributed by atoms with Crippen LogP contribution in [0.4, 0.5) is 0 Å². The molecule has 0 amide bonds. The van der Waals surface area contributed by atoms with E-state index in [1.807, 2.05) is 6.07 Å². The number of aryl methyl sites for hydroxylation is 1. The second-order valence-corrected chi connectivity index (χ2v) is 9.22. The maximum atomic E-state index is 11.1. The van der Waals surface area contributed by atoms with Gasteiger partial charge in [-0.1, -0.05) is 126 Å². The minimum Gasteiger partial charge on any atom is -0.508 e. The van der Waals surface area contributed by atoms with Crippen molar-refractivity contribution in [2.45, 2.75) is 77.6 Å². The van der Waals surface area contributed by atoms with Gasteiger partial charge < -0.3 is 5.11 Å². The van der Waals surface area contributed by atoms with Crippen molar-refractivity contribution in [1.82, 2.24) is 0 Å². The summed E-state index contributed by atoms with van der Waals surface area (Å²) in [7, 11) is 0. The molecular formula is C30H38O. The highest BCUT2D eigenvalue weighted by atomic mass is 16.3. The van der Waals surface area contributed by atoms with Crippen molar-refractivity contribution in [3.8, 4) is 16.9 Å². The third-order valence-corrected chi connectivity index (χ3v) is 6.50. The second-order valence-electron chi connectivity index (χ2n) is 9.22. The molecule has 0 fully saturated rings. The SMILES string of the molecule is CCCCCCCCCc1ccc(O)c(C(C)(C)c2ccccc2)c1-c1ccccc1. The van der Waals surface area contributed by atoms with E-state index in [-0.39, 0.29) is 5.41 Å². The first-order valence-electron chi connectivity index (χ1n) is 12.0. The van der Waals surface area contributed by atoms with Gasteiger partial charge in [0.25, 0.3) is 0 Å². The minimum atomic E-state index is -0.299. The highest BCUT2D eigenvalue weighted by Gasteiger charge is 2.30. The molecule has 0 unspecified atom stereocenters. The molecule has 0 saturated carbocycles. The van der Waals surface area contributed by atoms with Crippen molar-refractivity contribution in [3.05, 3.63) is 89.5 Å². The lowest BCUT2D eigenvalue weighted by molar-refractivity contribution is 0.453. The normalized spacial score (nSPS) is 11.6. The summed E-state index contributed by atoms with van der Waals surface area (Å²) in [6, 6.07) is 25.2. The molecule has 1 N–H and O–H groups in total. The quantitative estimate of drug-likeness (QED) is 0.311. The second kappa shape index (κ2) is 11.2. The molecule has 3 aromatic carbocycles. The highest BCUT2D eigenvalue weighted by Crippen LogP contribution is 2.44. The molecule has 0 aliphatic carbocycles. The molecule has 0 aliphatic rings. The van der Waals surface area contributed by atoms with Gasteiger partial charge in [0, 0.05) is 11.0 Å². The number of hydrogen-bond donors (Lipinski definition) is 1. The van der Waals surface area contributed by atoms with E-state index in [1.165, 1.54) is 67.2 Å². The Labute approximate surface area is 189 Å². The van der Waals surface area contributed by atoms with Gasteiger partial charge in [0.2, 0.25) is 0 Å². The lowest BCUT2D eigenvalue weighted by Gasteiger charge is -2.31. The summed E-state index contributed by atoms with van der Waals surface area (Å²) in [5.41, 5.74) is 5.69. The van der Waals surface area contributed by atoms with Crippen LogP contribution in [0.2, 0.25) is 0 Å². The molecular weight excluding hydrogens is 376 g/mol. The topological polar surface area (TPSA) is 20.2 Å². The summed E-state index contributed by atoms with van der Waals surface area (Å²) >= 11 is 0. The Morgan fingerprint density at radius 2 is 1.26 bits per heavy atom. The van der Waals surface area contributed by atoms with Gasteiger partial charge in [-0.25, -0.2) is 0 Å². The van der Waals surface area contributed by atoms with E-state index in [0.29, 0.717) is 5.75 Å². The van der Waals surface area contributed by atoms with Gasteiger partial charge in [0.05, 0.1) is 0 Å². The maximum Gasteiger partial charge on any atom is 0.120 e. The Morgan fingerprint density at radius 1 is 0.677 bits per heavy atom. The van der Waals surface area contributed by atoms with Gasteiger partial charge in [0.15, 0.2) is 0 Å². The molecule has 0 spiro atoms. The van der Waals surface area contributed by atoms with E-state index in [0.717, 1.165) is 12.0 Å². The molecule has 0 heterocycles. The molecule has 3 aromatic rings. The Hall–Kier alpha value is -2.54. The van der Waals surface area contributed by atoms with Crippen LogP contribution in [0.1, 0.15) is 82.4 Å². The number of unbranched alkanes of at least 4 members (excludes halogenated alkanes) is 6. The van der Waals surface area contributed by atoms with Gasteiger partial charge in [-0.2, -0.15) is 0 Å². The molecule has 3 rings (SSSR count). The van der Waals surface area contributed by atoms with Gasteiger partial charge in [-0.3, -0.25) is 0 Å². The first-order chi connectivity index (χ1) is 15.1. The molecule has 0 atom stereocenters. The van der Waals surface area contributed by atoms with E-state index in [9.17, 15) is 5.11 Å². The van der Waals surface area contributed by atoms with E-state index in [1.54, 1.807) is 0 Å². The monoisotopic (exact) mass is 414 g/mol. The smallest absolute Gasteiger partial charge is 0.120 e. The third kappa shape index (κ3) is 5.79. The van der Waals surface area contributed by atoms with E-state index in [4.69, 9.17) is 0 Å². The molecule has 1 nitrogen and oxygen atoms in total. The van der Waals surface area contributed by atoms with Crippen molar-refractivity contribution in [3.63, 3.8) is 0 Å². The largest absolute Gasteiger partial charge is 0.508 e. The first-order valence-corrected chi connectivity index (χ1v) is 12.0. The number of aromatic hydroxyl groups is 1. The van der Waals surface area contributed by atoms with Crippen LogP contribution >= 0.6 is 0 Å². The maximum absolute atomic E-state index is 11.1. The number of phenols is 1. The standard InChI is InChI=1S/C30H38O/c1-4-5-6-7-8-9-12-19-25-22-23-27(31)29(28(25)24-17-13-10-14-18-24)30(2,3)26-20-15-11-16-21-26/h10-11,13-18,20-23,31H,4-9,12,19H2,1-3H3. The van der Waals surface area contributed by atoms with Crippen molar-refractivity contribution >= 4 is 0 Å². The first kappa shape index (κ1) is 23.1. The number of benzene rings is 3. The molecule has 0 aliphatic heterocycles.